The summed E-state index contributed by atoms with van der Waals surface area (Å²) in [5.74, 6) is 2.21. The van der Waals surface area contributed by atoms with Crippen LogP contribution in [0.5, 0.6) is 0 Å². The summed E-state index contributed by atoms with van der Waals surface area (Å²) in [5.41, 5.74) is 6.13. The number of hydrogen-bond donors (Lipinski definition) is 2. The van der Waals surface area contributed by atoms with E-state index in [-0.39, 0.29) is 5.41 Å². The number of carbonyl (C=O) groups is 1. The summed E-state index contributed by atoms with van der Waals surface area (Å²) in [7, 11) is 0. The fourth-order valence-corrected chi connectivity index (χ4v) is 3.73. The van der Waals surface area contributed by atoms with Gasteiger partial charge >= 0.3 is 6.03 Å². The minimum absolute atomic E-state index is 0.259. The van der Waals surface area contributed by atoms with Gasteiger partial charge in [-0.1, -0.05) is 0 Å². The topological polar surface area (TPSA) is 132 Å². The first-order chi connectivity index (χ1) is 14.1. The molecular formula is C18H22N8O3. The number of carbonyl (C=O) groups excluding carboxylic acids is 1. The van der Waals surface area contributed by atoms with Crippen LogP contribution in [0, 0.1) is 5.41 Å². The maximum atomic E-state index is 11.0. The number of anilines is 3. The van der Waals surface area contributed by atoms with Gasteiger partial charge in [-0.25, -0.2) is 9.78 Å². The van der Waals surface area contributed by atoms with E-state index in [2.05, 4.69) is 30.1 Å². The van der Waals surface area contributed by atoms with Crippen LogP contribution >= 0.6 is 0 Å². The highest BCUT2D eigenvalue weighted by Crippen LogP contribution is 2.39. The van der Waals surface area contributed by atoms with E-state index in [1.807, 2.05) is 0 Å². The van der Waals surface area contributed by atoms with Crippen molar-refractivity contribution >= 4 is 23.7 Å². The first-order valence-electron chi connectivity index (χ1n) is 9.55. The Labute approximate surface area is 167 Å². The quantitative estimate of drug-likeness (QED) is 0.736. The first-order valence-corrected chi connectivity index (χ1v) is 9.55. The van der Waals surface area contributed by atoms with Gasteiger partial charge in [-0.05, 0) is 12.1 Å². The van der Waals surface area contributed by atoms with Crippen LogP contribution in [0.25, 0.3) is 11.4 Å². The fraction of sp³-hybridized carbons (Fsp3) is 0.500. The van der Waals surface area contributed by atoms with Gasteiger partial charge < -0.3 is 25.0 Å². The third-order valence-corrected chi connectivity index (χ3v) is 5.33. The number of nitrogens with two attached hydrogens (primary N) is 1. The number of hydrogen-bond acceptors (Lipinski definition) is 9. The van der Waals surface area contributed by atoms with Crippen molar-refractivity contribution in [3.8, 4) is 11.4 Å². The van der Waals surface area contributed by atoms with E-state index in [4.69, 9.17) is 20.2 Å². The Morgan fingerprint density at radius 1 is 1.03 bits per heavy atom. The van der Waals surface area contributed by atoms with Gasteiger partial charge in [-0.3, -0.25) is 5.32 Å². The average Bonchev–Trinajstić information content (AvgIpc) is 2.66. The van der Waals surface area contributed by atoms with E-state index in [0.29, 0.717) is 36.8 Å². The molecule has 0 aliphatic carbocycles. The van der Waals surface area contributed by atoms with E-state index in [0.717, 1.165) is 45.0 Å². The highest BCUT2D eigenvalue weighted by molar-refractivity contribution is 5.86. The molecule has 0 radical (unpaired) electrons. The number of rotatable bonds is 4. The molecule has 3 aliphatic rings. The molecule has 5 heterocycles. The van der Waals surface area contributed by atoms with Crippen molar-refractivity contribution in [3.05, 3.63) is 18.3 Å². The molecule has 3 aliphatic heterocycles. The van der Waals surface area contributed by atoms with Gasteiger partial charge in [0.25, 0.3) is 0 Å². The third kappa shape index (κ3) is 3.54. The van der Waals surface area contributed by atoms with E-state index in [1.54, 1.807) is 18.3 Å². The number of pyridine rings is 1. The second-order valence-electron chi connectivity index (χ2n) is 7.63. The molecule has 3 fully saturated rings. The van der Waals surface area contributed by atoms with Crippen molar-refractivity contribution in [1.29, 1.82) is 0 Å². The van der Waals surface area contributed by atoms with E-state index < -0.39 is 6.03 Å². The Morgan fingerprint density at radius 2 is 1.76 bits per heavy atom. The summed E-state index contributed by atoms with van der Waals surface area (Å²) in [4.78, 5) is 33.6. The predicted molar refractivity (Wildman–Crippen MR) is 105 cm³/mol. The molecule has 0 saturated carbocycles. The zero-order chi connectivity index (χ0) is 19.8. The van der Waals surface area contributed by atoms with Gasteiger partial charge in [0.05, 0.1) is 31.8 Å². The number of morpholine rings is 1. The highest BCUT2D eigenvalue weighted by atomic mass is 16.5. The van der Waals surface area contributed by atoms with Gasteiger partial charge in [0.15, 0.2) is 5.82 Å². The highest BCUT2D eigenvalue weighted by Gasteiger charge is 2.50. The van der Waals surface area contributed by atoms with Gasteiger partial charge in [-0.2, -0.15) is 15.0 Å². The Morgan fingerprint density at radius 3 is 2.34 bits per heavy atom. The fourth-order valence-electron chi connectivity index (χ4n) is 3.73. The Bertz CT molecular complexity index is 904. The van der Waals surface area contributed by atoms with Crippen molar-refractivity contribution < 1.29 is 14.3 Å². The van der Waals surface area contributed by atoms with Crippen LogP contribution in [0.3, 0.4) is 0 Å². The molecule has 3 N–H and O–H groups in total. The molecule has 152 valence electrons. The lowest BCUT2D eigenvalue weighted by Gasteiger charge is -2.54. The van der Waals surface area contributed by atoms with Crippen LogP contribution in [0.15, 0.2) is 18.3 Å². The Hall–Kier alpha value is -3.05. The lowest BCUT2D eigenvalue weighted by atomic mass is 9.78. The Balaban J connectivity index is 1.45. The smallest absolute Gasteiger partial charge is 0.317 e. The van der Waals surface area contributed by atoms with Gasteiger partial charge in [-0.15, -0.1) is 0 Å². The number of nitrogens with zero attached hydrogens (tertiary/aromatic N) is 6. The maximum absolute atomic E-state index is 11.0. The molecule has 11 nitrogen and oxygen atoms in total. The lowest BCUT2D eigenvalue weighted by Crippen LogP contribution is -2.66. The number of aromatic nitrogens is 4. The van der Waals surface area contributed by atoms with Crippen molar-refractivity contribution in [2.75, 3.05) is 67.7 Å². The third-order valence-electron chi connectivity index (χ3n) is 5.33. The normalized spacial score (nSPS) is 20.1. The first kappa shape index (κ1) is 18.0. The van der Waals surface area contributed by atoms with Crippen molar-refractivity contribution in [2.24, 2.45) is 11.1 Å². The minimum atomic E-state index is -0.658. The van der Waals surface area contributed by atoms with Crippen molar-refractivity contribution in [1.82, 2.24) is 19.9 Å². The van der Waals surface area contributed by atoms with E-state index >= 15 is 0 Å². The standard InChI is InChI=1S/C18H22N8O3/c19-15(27)21-13-2-1-12(7-20-13)14-22-16(25-3-5-28-6-4-25)24-17(23-14)26-8-18(9-26)10-29-11-18/h1-2,7H,3-6,8-11H2,(H3,19,20,21,27). The molecule has 3 saturated heterocycles. The van der Waals surface area contributed by atoms with Crippen molar-refractivity contribution in [3.63, 3.8) is 0 Å². The molecule has 0 atom stereocenters. The summed E-state index contributed by atoms with van der Waals surface area (Å²) in [6, 6.07) is 2.81. The van der Waals surface area contributed by atoms with Gasteiger partial charge in [0, 0.05) is 37.9 Å². The summed E-state index contributed by atoms with van der Waals surface area (Å²) in [6.45, 7) is 6.15. The molecule has 1 spiro atoms. The molecular weight excluding hydrogens is 376 g/mol. The molecule has 2 aromatic heterocycles. The van der Waals surface area contributed by atoms with Gasteiger partial charge in [0.1, 0.15) is 5.82 Å². The summed E-state index contributed by atoms with van der Waals surface area (Å²) < 4.78 is 10.8. The zero-order valence-electron chi connectivity index (χ0n) is 15.9. The van der Waals surface area contributed by atoms with Crippen LogP contribution in [0.2, 0.25) is 0 Å². The number of urea groups is 1. The van der Waals surface area contributed by atoms with Crippen LogP contribution in [-0.4, -0.2) is 78.6 Å². The van der Waals surface area contributed by atoms with Crippen LogP contribution in [-0.2, 0) is 9.47 Å². The van der Waals surface area contributed by atoms with E-state index in [9.17, 15) is 4.79 Å². The average molecular weight is 398 g/mol. The Kier molecular flexibility index (Phi) is 4.40. The lowest BCUT2D eigenvalue weighted by molar-refractivity contribution is -0.127. The molecule has 11 heteroatoms. The summed E-state index contributed by atoms with van der Waals surface area (Å²) >= 11 is 0. The molecule has 2 aromatic rings. The van der Waals surface area contributed by atoms with Crippen LogP contribution in [0.4, 0.5) is 22.5 Å². The molecule has 5 rings (SSSR count). The SMILES string of the molecule is NC(=O)Nc1ccc(-c2nc(N3CCOCC3)nc(N3CC4(COC4)C3)n2)cn1. The molecule has 0 aromatic carbocycles. The summed E-state index contributed by atoms with van der Waals surface area (Å²) in [5, 5.41) is 2.45. The maximum Gasteiger partial charge on any atom is 0.317 e. The summed E-state index contributed by atoms with van der Waals surface area (Å²) in [6.07, 6.45) is 1.62. The number of ether oxygens (including phenoxy) is 2. The van der Waals surface area contributed by atoms with Crippen molar-refractivity contribution in [2.45, 2.75) is 0 Å². The molecule has 2 amide bonds. The van der Waals surface area contributed by atoms with Crippen LogP contribution in [0.1, 0.15) is 0 Å². The van der Waals surface area contributed by atoms with Gasteiger partial charge in [0.2, 0.25) is 11.9 Å². The second kappa shape index (κ2) is 7.08. The predicted octanol–water partition coefficient (Wildman–Crippen LogP) is 0.0974. The van der Waals surface area contributed by atoms with E-state index in [1.165, 1.54) is 0 Å². The monoisotopic (exact) mass is 398 g/mol. The van der Waals surface area contributed by atoms with Crippen LogP contribution < -0.4 is 20.9 Å². The molecule has 0 bridgehead atoms. The molecule has 0 unspecified atom stereocenters. The number of nitrogens with one attached hydrogen (secondary N) is 1. The number of amides is 2. The zero-order valence-corrected chi connectivity index (χ0v) is 15.9. The largest absolute Gasteiger partial charge is 0.380 e. The number of primary amides is 1. The second-order valence-corrected chi connectivity index (χ2v) is 7.63. The minimum Gasteiger partial charge on any atom is -0.380 e. The molecule has 29 heavy (non-hydrogen) atoms.